The van der Waals surface area contributed by atoms with E-state index in [-0.39, 0.29) is 0 Å². The van der Waals surface area contributed by atoms with Crippen molar-refractivity contribution in [1.82, 2.24) is 10.6 Å². The van der Waals surface area contributed by atoms with E-state index in [2.05, 4.69) is 10.6 Å². The molecule has 1 atom stereocenters. The Kier molecular flexibility index (Phi) is 4.47. The quantitative estimate of drug-likeness (QED) is 0.868. The van der Waals surface area contributed by atoms with E-state index >= 15 is 0 Å². The molecule has 0 aliphatic carbocycles. The first-order chi connectivity index (χ1) is 7.75. The van der Waals surface area contributed by atoms with E-state index in [0.29, 0.717) is 11.1 Å². The molecule has 1 heterocycles. The van der Waals surface area contributed by atoms with Crippen LogP contribution in [0.3, 0.4) is 0 Å². The van der Waals surface area contributed by atoms with Crippen LogP contribution in [0.1, 0.15) is 18.4 Å². The molecule has 0 bridgehead atoms. The molecule has 0 unspecified atom stereocenters. The number of hydrogen-bond acceptors (Lipinski definition) is 2. The molecule has 0 aromatic heterocycles. The largest absolute Gasteiger partial charge is 0.313 e. The average molecular weight is 259 g/mol. The van der Waals surface area contributed by atoms with Crippen molar-refractivity contribution in [3.8, 4) is 0 Å². The molecule has 1 aromatic rings. The predicted octanol–water partition coefficient (Wildman–Crippen LogP) is 2.84. The first-order valence-electron chi connectivity index (χ1n) is 5.64. The van der Waals surface area contributed by atoms with Crippen LogP contribution in [0.2, 0.25) is 10.0 Å². The molecular formula is C12H16Cl2N2. The Bertz CT molecular complexity index is 349. The third kappa shape index (κ3) is 3.36. The fourth-order valence-corrected chi connectivity index (χ4v) is 2.45. The van der Waals surface area contributed by atoms with Crippen LogP contribution in [0.4, 0.5) is 0 Å². The molecule has 88 valence electrons. The lowest BCUT2D eigenvalue weighted by Crippen LogP contribution is -2.33. The summed E-state index contributed by atoms with van der Waals surface area (Å²) in [7, 11) is 0. The third-order valence-corrected chi connectivity index (χ3v) is 3.47. The summed E-state index contributed by atoms with van der Waals surface area (Å²) in [6, 6.07) is 6.25. The summed E-state index contributed by atoms with van der Waals surface area (Å²) in [6.07, 6.45) is 2.55. The minimum atomic E-state index is 0.617. The van der Waals surface area contributed by atoms with Gasteiger partial charge in [0.2, 0.25) is 0 Å². The summed E-state index contributed by atoms with van der Waals surface area (Å²) in [5.74, 6) is 0. The molecule has 1 saturated heterocycles. The van der Waals surface area contributed by atoms with Gasteiger partial charge in [-0.1, -0.05) is 29.3 Å². The third-order valence-electron chi connectivity index (χ3n) is 2.88. The van der Waals surface area contributed by atoms with Crippen molar-refractivity contribution < 1.29 is 0 Å². The lowest BCUT2D eigenvalue weighted by molar-refractivity contribution is 0.536. The highest BCUT2D eigenvalue weighted by atomic mass is 35.5. The van der Waals surface area contributed by atoms with Crippen LogP contribution in [0.25, 0.3) is 0 Å². The van der Waals surface area contributed by atoms with Gasteiger partial charge in [0.15, 0.2) is 0 Å². The van der Waals surface area contributed by atoms with E-state index in [1.165, 1.54) is 12.8 Å². The van der Waals surface area contributed by atoms with E-state index in [1.807, 2.05) is 12.1 Å². The van der Waals surface area contributed by atoms with Gasteiger partial charge in [0.05, 0.1) is 0 Å². The monoisotopic (exact) mass is 258 g/mol. The number of benzene rings is 1. The standard InChI is InChI=1S/C12H16Cl2N2/c13-10-4-3-9(12(14)6-10)7-15-8-11-2-1-5-16-11/h3-4,6,11,15-16H,1-2,5,7-8H2/t11-/m1/s1. The highest BCUT2D eigenvalue weighted by molar-refractivity contribution is 6.35. The summed E-state index contributed by atoms with van der Waals surface area (Å²) >= 11 is 11.9. The van der Waals surface area contributed by atoms with Crippen LogP contribution >= 0.6 is 23.2 Å². The number of halogens is 2. The highest BCUT2D eigenvalue weighted by Crippen LogP contribution is 2.20. The van der Waals surface area contributed by atoms with Gasteiger partial charge in [-0.15, -0.1) is 0 Å². The van der Waals surface area contributed by atoms with Crippen LogP contribution in [-0.2, 0) is 6.54 Å². The molecule has 2 nitrogen and oxygen atoms in total. The number of hydrogen-bond donors (Lipinski definition) is 2. The van der Waals surface area contributed by atoms with Crippen LogP contribution in [0, 0.1) is 0 Å². The molecule has 2 N–H and O–H groups in total. The molecular weight excluding hydrogens is 243 g/mol. The maximum Gasteiger partial charge on any atom is 0.0465 e. The van der Waals surface area contributed by atoms with E-state index in [9.17, 15) is 0 Å². The van der Waals surface area contributed by atoms with Gasteiger partial charge in [0.25, 0.3) is 0 Å². The Morgan fingerprint density at radius 1 is 1.38 bits per heavy atom. The fourth-order valence-electron chi connectivity index (χ4n) is 1.98. The van der Waals surface area contributed by atoms with Gasteiger partial charge in [-0.2, -0.15) is 0 Å². The van der Waals surface area contributed by atoms with Crippen molar-refractivity contribution in [2.45, 2.75) is 25.4 Å². The van der Waals surface area contributed by atoms with Gasteiger partial charge >= 0.3 is 0 Å². The smallest absolute Gasteiger partial charge is 0.0465 e. The summed E-state index contributed by atoms with van der Waals surface area (Å²) in [5.41, 5.74) is 1.10. The van der Waals surface area contributed by atoms with Gasteiger partial charge in [0.1, 0.15) is 0 Å². The zero-order valence-corrected chi connectivity index (χ0v) is 10.6. The van der Waals surface area contributed by atoms with Crippen LogP contribution in [0.5, 0.6) is 0 Å². The van der Waals surface area contributed by atoms with Crippen molar-refractivity contribution in [3.05, 3.63) is 33.8 Å². The van der Waals surface area contributed by atoms with E-state index in [4.69, 9.17) is 23.2 Å². The second-order valence-corrected chi connectivity index (χ2v) is 5.00. The predicted molar refractivity (Wildman–Crippen MR) is 69.2 cm³/mol. The minimum absolute atomic E-state index is 0.617. The molecule has 2 rings (SSSR count). The molecule has 1 aromatic carbocycles. The Morgan fingerprint density at radius 3 is 2.94 bits per heavy atom. The molecule has 1 aliphatic rings. The molecule has 0 radical (unpaired) electrons. The molecule has 0 spiro atoms. The van der Waals surface area contributed by atoms with Gasteiger partial charge in [-0.3, -0.25) is 0 Å². The Hall–Kier alpha value is -0.280. The maximum absolute atomic E-state index is 6.08. The van der Waals surface area contributed by atoms with Crippen molar-refractivity contribution in [1.29, 1.82) is 0 Å². The van der Waals surface area contributed by atoms with Crippen molar-refractivity contribution in [2.24, 2.45) is 0 Å². The molecule has 1 aliphatic heterocycles. The lowest BCUT2D eigenvalue weighted by Gasteiger charge is -2.12. The average Bonchev–Trinajstić information content (AvgIpc) is 2.74. The minimum Gasteiger partial charge on any atom is -0.313 e. The van der Waals surface area contributed by atoms with Crippen molar-refractivity contribution in [2.75, 3.05) is 13.1 Å². The zero-order chi connectivity index (χ0) is 11.4. The first kappa shape index (κ1) is 12.2. The van der Waals surface area contributed by atoms with E-state index in [0.717, 1.165) is 30.2 Å². The van der Waals surface area contributed by atoms with Crippen molar-refractivity contribution >= 4 is 23.2 Å². The van der Waals surface area contributed by atoms with E-state index in [1.54, 1.807) is 6.07 Å². The summed E-state index contributed by atoms with van der Waals surface area (Å²) in [4.78, 5) is 0. The molecule has 4 heteroatoms. The van der Waals surface area contributed by atoms with Gasteiger partial charge in [-0.05, 0) is 37.1 Å². The summed E-state index contributed by atoms with van der Waals surface area (Å²) < 4.78 is 0. The number of nitrogens with one attached hydrogen (secondary N) is 2. The van der Waals surface area contributed by atoms with Crippen LogP contribution in [0.15, 0.2) is 18.2 Å². The molecule has 1 fully saturated rings. The summed E-state index contributed by atoms with van der Waals surface area (Å²) in [5, 5.41) is 8.29. The molecule has 0 saturated carbocycles. The maximum atomic E-state index is 6.08. The second kappa shape index (κ2) is 5.87. The molecule has 0 amide bonds. The second-order valence-electron chi connectivity index (χ2n) is 4.16. The topological polar surface area (TPSA) is 24.1 Å². The Labute approximate surface area is 106 Å². The Morgan fingerprint density at radius 2 is 2.25 bits per heavy atom. The van der Waals surface area contributed by atoms with Crippen LogP contribution < -0.4 is 10.6 Å². The molecule has 16 heavy (non-hydrogen) atoms. The van der Waals surface area contributed by atoms with Gasteiger partial charge in [0, 0.05) is 29.2 Å². The van der Waals surface area contributed by atoms with E-state index < -0.39 is 0 Å². The summed E-state index contributed by atoms with van der Waals surface area (Å²) in [6.45, 7) is 2.95. The SMILES string of the molecule is Clc1ccc(CNC[C@H]2CCCN2)c(Cl)c1. The van der Waals surface area contributed by atoms with Crippen LogP contribution in [-0.4, -0.2) is 19.1 Å². The highest BCUT2D eigenvalue weighted by Gasteiger charge is 2.12. The fraction of sp³-hybridized carbons (Fsp3) is 0.500. The normalized spacial score (nSPS) is 20.2. The number of rotatable bonds is 4. The van der Waals surface area contributed by atoms with Crippen molar-refractivity contribution in [3.63, 3.8) is 0 Å². The lowest BCUT2D eigenvalue weighted by atomic mass is 10.2. The zero-order valence-electron chi connectivity index (χ0n) is 9.10. The van der Waals surface area contributed by atoms with Gasteiger partial charge in [-0.25, -0.2) is 0 Å². The Balaban J connectivity index is 1.80. The van der Waals surface area contributed by atoms with Gasteiger partial charge < -0.3 is 10.6 Å². The first-order valence-corrected chi connectivity index (χ1v) is 6.39.